The van der Waals surface area contributed by atoms with Gasteiger partial charge in [-0.15, -0.1) is 0 Å². The molecule has 0 N–H and O–H groups in total. The fraction of sp³-hybridized carbons (Fsp3) is 0.312. The van der Waals surface area contributed by atoms with Crippen LogP contribution in [-0.4, -0.2) is 39.5 Å². The van der Waals surface area contributed by atoms with Crippen molar-refractivity contribution in [1.82, 2.24) is 9.55 Å². The third kappa shape index (κ3) is 3.99. The molecule has 0 aliphatic carbocycles. The number of hydrogen-bond donors (Lipinski definition) is 0. The molecule has 2 aromatic rings. The Morgan fingerprint density at radius 1 is 1.46 bits per heavy atom. The number of rotatable bonds is 5. The number of thioether (sulfide) groups is 1. The van der Waals surface area contributed by atoms with Crippen LogP contribution < -0.4 is 0 Å². The van der Waals surface area contributed by atoms with Gasteiger partial charge in [-0.05, 0) is 31.2 Å². The minimum atomic E-state index is -0.792. The lowest BCUT2D eigenvalue weighted by Gasteiger charge is -2.09. The van der Waals surface area contributed by atoms with E-state index in [0.717, 1.165) is 10.2 Å². The van der Waals surface area contributed by atoms with Crippen LogP contribution in [0.4, 0.5) is 0 Å². The summed E-state index contributed by atoms with van der Waals surface area (Å²) in [5, 5.41) is 0.677. The van der Waals surface area contributed by atoms with Crippen LogP contribution in [0.5, 0.6) is 0 Å². The fourth-order valence-corrected chi connectivity index (χ4v) is 3.35. The average Bonchev–Trinajstić information content (AvgIpc) is 3.13. The summed E-state index contributed by atoms with van der Waals surface area (Å²) in [6.07, 6.45) is 2.90. The third-order valence-corrected chi connectivity index (χ3v) is 4.90. The molecule has 1 aromatic carbocycles. The quantitative estimate of drug-likeness (QED) is 0.557. The van der Waals surface area contributed by atoms with Gasteiger partial charge in [-0.1, -0.05) is 27.7 Å². The molecule has 3 rings (SSSR count). The van der Waals surface area contributed by atoms with Crippen molar-refractivity contribution in [2.45, 2.75) is 30.7 Å². The molecule has 8 heteroatoms. The number of carbonyl (C=O) groups excluding carboxylic acids is 2. The summed E-state index contributed by atoms with van der Waals surface area (Å²) >= 11 is 4.66. The van der Waals surface area contributed by atoms with Crippen LogP contribution in [0.3, 0.4) is 0 Å². The van der Waals surface area contributed by atoms with Crippen molar-refractivity contribution in [2.75, 3.05) is 5.75 Å². The van der Waals surface area contributed by atoms with E-state index < -0.39 is 18.0 Å². The molecule has 1 aromatic heterocycles. The standard InChI is InChI=1S/C16H15BrN2O4S/c1-10-8-13(15(21)22-10)23-14(20)9-24-16-18-6-7-19(16)12-4-2-11(17)3-5-12/h2-7,10,13H,8-9H2,1H3/t10-,13+/m0/s1. The van der Waals surface area contributed by atoms with Crippen LogP contribution in [0.1, 0.15) is 13.3 Å². The smallest absolute Gasteiger partial charge is 0.347 e. The average molecular weight is 411 g/mol. The van der Waals surface area contributed by atoms with Crippen molar-refractivity contribution in [2.24, 2.45) is 0 Å². The minimum Gasteiger partial charge on any atom is -0.460 e. The number of cyclic esters (lactones) is 1. The molecule has 0 saturated carbocycles. The van der Waals surface area contributed by atoms with E-state index in [-0.39, 0.29) is 11.9 Å². The zero-order chi connectivity index (χ0) is 17.1. The van der Waals surface area contributed by atoms with Gasteiger partial charge in [-0.3, -0.25) is 9.36 Å². The summed E-state index contributed by atoms with van der Waals surface area (Å²) in [6.45, 7) is 1.77. The Hall–Kier alpha value is -1.80. The van der Waals surface area contributed by atoms with Crippen LogP contribution in [0, 0.1) is 0 Å². The first-order chi connectivity index (χ1) is 11.5. The lowest BCUT2D eigenvalue weighted by molar-refractivity contribution is -0.159. The van der Waals surface area contributed by atoms with E-state index in [4.69, 9.17) is 9.47 Å². The molecular formula is C16H15BrN2O4S. The Labute approximate surface area is 151 Å². The second-order valence-electron chi connectivity index (χ2n) is 5.31. The molecule has 2 heterocycles. The van der Waals surface area contributed by atoms with Crippen molar-refractivity contribution < 1.29 is 19.1 Å². The van der Waals surface area contributed by atoms with Crippen LogP contribution in [0.25, 0.3) is 5.69 Å². The molecule has 0 radical (unpaired) electrons. The molecule has 1 aliphatic heterocycles. The van der Waals surface area contributed by atoms with Gasteiger partial charge in [-0.2, -0.15) is 0 Å². The molecule has 6 nitrogen and oxygen atoms in total. The first-order valence-electron chi connectivity index (χ1n) is 7.35. The summed E-state index contributed by atoms with van der Waals surface area (Å²) in [5.41, 5.74) is 0.944. The van der Waals surface area contributed by atoms with Gasteiger partial charge < -0.3 is 9.47 Å². The molecule has 0 unspecified atom stereocenters. The lowest BCUT2D eigenvalue weighted by Crippen LogP contribution is -2.23. The summed E-state index contributed by atoms with van der Waals surface area (Å²) < 4.78 is 13.0. The van der Waals surface area contributed by atoms with Crippen LogP contribution >= 0.6 is 27.7 Å². The van der Waals surface area contributed by atoms with Gasteiger partial charge >= 0.3 is 11.9 Å². The molecule has 2 atom stereocenters. The van der Waals surface area contributed by atoms with Gasteiger partial charge in [-0.25, -0.2) is 9.78 Å². The van der Waals surface area contributed by atoms with Crippen LogP contribution in [0.15, 0.2) is 46.3 Å². The number of imidazole rings is 1. The molecule has 0 amide bonds. The Kier molecular flexibility index (Phi) is 5.25. The largest absolute Gasteiger partial charge is 0.460 e. The summed E-state index contributed by atoms with van der Waals surface area (Å²) in [5.74, 6) is -0.857. The number of benzene rings is 1. The Balaban J connectivity index is 1.59. The van der Waals surface area contributed by atoms with E-state index in [9.17, 15) is 9.59 Å². The van der Waals surface area contributed by atoms with Crippen molar-refractivity contribution in [3.05, 3.63) is 41.1 Å². The molecule has 1 aliphatic rings. The highest BCUT2D eigenvalue weighted by atomic mass is 79.9. The van der Waals surface area contributed by atoms with Crippen molar-refractivity contribution in [3.63, 3.8) is 0 Å². The topological polar surface area (TPSA) is 70.4 Å². The van der Waals surface area contributed by atoms with Crippen LogP contribution in [-0.2, 0) is 19.1 Å². The maximum atomic E-state index is 11.9. The SMILES string of the molecule is C[C@H]1C[C@@H](OC(=O)CSc2nccn2-c2ccc(Br)cc2)C(=O)O1. The molecule has 0 spiro atoms. The van der Waals surface area contributed by atoms with Gasteiger partial charge in [0.25, 0.3) is 0 Å². The second-order valence-corrected chi connectivity index (χ2v) is 7.16. The monoisotopic (exact) mass is 410 g/mol. The molecular weight excluding hydrogens is 396 g/mol. The number of aromatic nitrogens is 2. The molecule has 126 valence electrons. The number of halogens is 1. The van der Waals surface area contributed by atoms with Crippen molar-refractivity contribution in [1.29, 1.82) is 0 Å². The molecule has 1 fully saturated rings. The number of esters is 2. The number of hydrogen-bond acceptors (Lipinski definition) is 6. The number of nitrogens with zero attached hydrogens (tertiary/aromatic N) is 2. The molecule has 0 bridgehead atoms. The van der Waals surface area contributed by atoms with E-state index in [1.807, 2.05) is 35.0 Å². The van der Waals surface area contributed by atoms with Gasteiger partial charge in [0.15, 0.2) is 5.16 Å². The Bertz CT molecular complexity index is 747. The highest BCUT2D eigenvalue weighted by Gasteiger charge is 2.34. The second kappa shape index (κ2) is 7.40. The Morgan fingerprint density at radius 3 is 2.88 bits per heavy atom. The third-order valence-electron chi connectivity index (χ3n) is 3.43. The number of carbonyl (C=O) groups is 2. The molecule has 24 heavy (non-hydrogen) atoms. The summed E-state index contributed by atoms with van der Waals surface area (Å²) in [6, 6.07) is 7.77. The van der Waals surface area contributed by atoms with Crippen LogP contribution in [0.2, 0.25) is 0 Å². The van der Waals surface area contributed by atoms with E-state index in [0.29, 0.717) is 11.6 Å². The number of ether oxygens (including phenoxy) is 2. The predicted molar refractivity (Wildman–Crippen MR) is 92.0 cm³/mol. The van der Waals surface area contributed by atoms with Crippen molar-refractivity contribution in [3.8, 4) is 5.69 Å². The van der Waals surface area contributed by atoms with Gasteiger partial charge in [0.2, 0.25) is 6.10 Å². The highest BCUT2D eigenvalue weighted by Crippen LogP contribution is 2.23. The normalized spacial score (nSPS) is 20.0. The zero-order valence-corrected chi connectivity index (χ0v) is 15.2. The fourth-order valence-electron chi connectivity index (χ4n) is 2.33. The molecule has 1 saturated heterocycles. The maximum absolute atomic E-state index is 11.9. The van der Waals surface area contributed by atoms with E-state index in [1.54, 1.807) is 13.1 Å². The van der Waals surface area contributed by atoms with Gasteiger partial charge in [0, 0.05) is 29.0 Å². The first kappa shape index (κ1) is 17.0. The highest BCUT2D eigenvalue weighted by molar-refractivity contribution is 9.10. The van der Waals surface area contributed by atoms with E-state index >= 15 is 0 Å². The zero-order valence-electron chi connectivity index (χ0n) is 12.8. The summed E-state index contributed by atoms with van der Waals surface area (Å²) in [7, 11) is 0. The first-order valence-corrected chi connectivity index (χ1v) is 9.13. The maximum Gasteiger partial charge on any atom is 0.347 e. The minimum absolute atomic E-state index is 0.0751. The predicted octanol–water partition coefficient (Wildman–Crippen LogP) is 2.97. The van der Waals surface area contributed by atoms with Crippen molar-refractivity contribution >= 4 is 39.6 Å². The van der Waals surface area contributed by atoms with E-state index in [1.165, 1.54) is 11.8 Å². The van der Waals surface area contributed by atoms with Gasteiger partial charge in [0.05, 0.1) is 5.75 Å². The summed E-state index contributed by atoms with van der Waals surface area (Å²) in [4.78, 5) is 27.7. The lowest BCUT2D eigenvalue weighted by atomic mass is 10.2. The van der Waals surface area contributed by atoms with E-state index in [2.05, 4.69) is 20.9 Å². The van der Waals surface area contributed by atoms with Gasteiger partial charge in [0.1, 0.15) is 6.10 Å². The Morgan fingerprint density at radius 2 is 2.21 bits per heavy atom.